The summed E-state index contributed by atoms with van der Waals surface area (Å²) < 4.78 is 10.9. The number of hydrogen-bond acceptors (Lipinski definition) is 4. The largest absolute Gasteiger partial charge is 0.497 e. The number of methoxy groups -OCH3 is 2. The quantitative estimate of drug-likeness (QED) is 0.928. The minimum absolute atomic E-state index is 0.307. The molecule has 0 bridgehead atoms. The molecule has 3 rings (SSSR count). The normalized spacial score (nSPS) is 21.3. The predicted octanol–water partition coefficient (Wildman–Crippen LogP) is 2.82. The zero-order valence-corrected chi connectivity index (χ0v) is 13.2. The molecule has 1 aromatic rings. The van der Waals surface area contributed by atoms with E-state index in [4.69, 9.17) is 9.47 Å². The van der Waals surface area contributed by atoms with Crippen molar-refractivity contribution < 1.29 is 9.47 Å². The highest BCUT2D eigenvalue weighted by atomic mass is 16.5. The van der Waals surface area contributed by atoms with Crippen molar-refractivity contribution in [3.63, 3.8) is 0 Å². The Balaban J connectivity index is 1.82. The molecular weight excluding hydrogens is 264 g/mol. The summed E-state index contributed by atoms with van der Waals surface area (Å²) in [5.74, 6) is 1.75. The Bertz CT molecular complexity index is 478. The number of nitrogens with one attached hydrogen (secondary N) is 1. The van der Waals surface area contributed by atoms with Gasteiger partial charge in [0.05, 0.1) is 19.9 Å². The number of anilines is 1. The van der Waals surface area contributed by atoms with Crippen LogP contribution in [0, 0.1) is 0 Å². The van der Waals surface area contributed by atoms with Crippen molar-refractivity contribution in [1.29, 1.82) is 0 Å². The van der Waals surface area contributed by atoms with Crippen LogP contribution < -0.4 is 19.7 Å². The van der Waals surface area contributed by atoms with Crippen molar-refractivity contribution in [3.8, 4) is 11.5 Å². The van der Waals surface area contributed by atoms with Gasteiger partial charge in [0.2, 0.25) is 0 Å². The van der Waals surface area contributed by atoms with Crippen LogP contribution in [0.4, 0.5) is 5.69 Å². The molecule has 2 fully saturated rings. The van der Waals surface area contributed by atoms with E-state index in [1.54, 1.807) is 14.2 Å². The fourth-order valence-corrected chi connectivity index (χ4v) is 3.77. The lowest BCUT2D eigenvalue weighted by Crippen LogP contribution is -2.61. The number of ether oxygens (including phenoxy) is 2. The molecule has 1 aliphatic heterocycles. The summed E-state index contributed by atoms with van der Waals surface area (Å²) >= 11 is 0. The van der Waals surface area contributed by atoms with Crippen LogP contribution in [0.25, 0.3) is 0 Å². The zero-order valence-electron chi connectivity index (χ0n) is 13.2. The summed E-state index contributed by atoms with van der Waals surface area (Å²) in [6.07, 6.45) is 6.67. The number of hydrogen-bond donors (Lipinski definition) is 1. The molecule has 0 atom stereocenters. The Kier molecular flexibility index (Phi) is 4.24. The van der Waals surface area contributed by atoms with E-state index in [1.165, 1.54) is 37.8 Å². The van der Waals surface area contributed by atoms with E-state index < -0.39 is 0 Å². The van der Waals surface area contributed by atoms with Crippen LogP contribution in [0.5, 0.6) is 11.5 Å². The highest BCUT2D eigenvalue weighted by Crippen LogP contribution is 2.37. The molecule has 4 nitrogen and oxygen atoms in total. The molecule has 116 valence electrons. The molecular formula is C17H26N2O2. The standard InChI is InChI=1S/C17H26N2O2/c1-20-14-6-7-15(16(12-14)21-2)19-11-10-18-17(13-19)8-4-3-5-9-17/h6-7,12,18H,3-5,8-11,13H2,1-2H3. The highest BCUT2D eigenvalue weighted by molar-refractivity contribution is 5.61. The first-order valence-electron chi connectivity index (χ1n) is 7.98. The third kappa shape index (κ3) is 2.95. The van der Waals surface area contributed by atoms with E-state index in [0.717, 1.165) is 31.1 Å². The molecule has 1 spiro atoms. The van der Waals surface area contributed by atoms with Crippen molar-refractivity contribution >= 4 is 5.69 Å². The molecule has 0 amide bonds. The van der Waals surface area contributed by atoms with Gasteiger partial charge in [-0.05, 0) is 25.0 Å². The molecule has 1 aromatic carbocycles. The summed E-state index contributed by atoms with van der Waals surface area (Å²) in [6.45, 7) is 3.16. The minimum atomic E-state index is 0.307. The topological polar surface area (TPSA) is 33.7 Å². The van der Waals surface area contributed by atoms with Crippen molar-refractivity contribution in [2.45, 2.75) is 37.6 Å². The van der Waals surface area contributed by atoms with Crippen LogP contribution in [-0.4, -0.2) is 39.4 Å². The Hall–Kier alpha value is -1.42. The molecule has 0 aromatic heterocycles. The Labute approximate surface area is 127 Å². The van der Waals surface area contributed by atoms with Crippen molar-refractivity contribution in [3.05, 3.63) is 18.2 Å². The number of benzene rings is 1. The summed E-state index contributed by atoms with van der Waals surface area (Å²) in [4.78, 5) is 2.47. The van der Waals surface area contributed by atoms with Gasteiger partial charge < -0.3 is 19.7 Å². The second-order valence-electron chi connectivity index (χ2n) is 6.23. The molecule has 0 unspecified atom stereocenters. The van der Waals surface area contributed by atoms with Gasteiger partial charge in [0.15, 0.2) is 0 Å². The Morgan fingerprint density at radius 3 is 2.62 bits per heavy atom. The third-order valence-electron chi connectivity index (χ3n) is 4.91. The van der Waals surface area contributed by atoms with E-state index >= 15 is 0 Å². The van der Waals surface area contributed by atoms with Gasteiger partial charge in [0, 0.05) is 31.2 Å². The average Bonchev–Trinajstić information content (AvgIpc) is 2.55. The number of piperazine rings is 1. The summed E-state index contributed by atoms with van der Waals surface area (Å²) in [5.41, 5.74) is 1.49. The van der Waals surface area contributed by atoms with Gasteiger partial charge in [0.25, 0.3) is 0 Å². The van der Waals surface area contributed by atoms with Gasteiger partial charge in [-0.3, -0.25) is 0 Å². The molecule has 1 saturated heterocycles. The highest BCUT2D eigenvalue weighted by Gasteiger charge is 2.36. The second-order valence-corrected chi connectivity index (χ2v) is 6.23. The smallest absolute Gasteiger partial charge is 0.145 e. The molecule has 1 aliphatic carbocycles. The monoisotopic (exact) mass is 290 g/mol. The minimum Gasteiger partial charge on any atom is -0.497 e. The van der Waals surface area contributed by atoms with Crippen LogP contribution in [0.15, 0.2) is 18.2 Å². The van der Waals surface area contributed by atoms with Crippen molar-refractivity contribution in [2.75, 3.05) is 38.8 Å². The fourth-order valence-electron chi connectivity index (χ4n) is 3.77. The van der Waals surface area contributed by atoms with Gasteiger partial charge in [-0.25, -0.2) is 0 Å². The Morgan fingerprint density at radius 1 is 1.10 bits per heavy atom. The van der Waals surface area contributed by atoms with E-state index in [0.29, 0.717) is 5.54 Å². The first-order valence-corrected chi connectivity index (χ1v) is 7.98. The molecule has 21 heavy (non-hydrogen) atoms. The van der Waals surface area contributed by atoms with Gasteiger partial charge >= 0.3 is 0 Å². The molecule has 0 radical (unpaired) electrons. The number of rotatable bonds is 3. The van der Waals surface area contributed by atoms with Gasteiger partial charge in [-0.1, -0.05) is 19.3 Å². The van der Waals surface area contributed by atoms with Crippen molar-refractivity contribution in [1.82, 2.24) is 5.32 Å². The van der Waals surface area contributed by atoms with Crippen molar-refractivity contribution in [2.24, 2.45) is 0 Å². The lowest BCUT2D eigenvalue weighted by Gasteiger charge is -2.47. The van der Waals surface area contributed by atoms with Crippen LogP contribution in [0.2, 0.25) is 0 Å². The van der Waals surface area contributed by atoms with Gasteiger partial charge in [-0.2, -0.15) is 0 Å². The van der Waals surface area contributed by atoms with E-state index in [9.17, 15) is 0 Å². The van der Waals surface area contributed by atoms with Crippen LogP contribution in [-0.2, 0) is 0 Å². The molecule has 1 N–H and O–H groups in total. The van der Waals surface area contributed by atoms with Gasteiger partial charge in [0.1, 0.15) is 11.5 Å². The fraction of sp³-hybridized carbons (Fsp3) is 0.647. The van der Waals surface area contributed by atoms with Crippen LogP contribution in [0.3, 0.4) is 0 Å². The summed E-state index contributed by atoms with van der Waals surface area (Å²) in [7, 11) is 3.42. The molecule has 1 heterocycles. The number of nitrogens with zero attached hydrogens (tertiary/aromatic N) is 1. The van der Waals surface area contributed by atoms with E-state index in [1.807, 2.05) is 12.1 Å². The van der Waals surface area contributed by atoms with Crippen LogP contribution >= 0.6 is 0 Å². The summed E-state index contributed by atoms with van der Waals surface area (Å²) in [5, 5.41) is 3.79. The maximum Gasteiger partial charge on any atom is 0.145 e. The maximum absolute atomic E-state index is 5.57. The predicted molar refractivity (Wildman–Crippen MR) is 85.6 cm³/mol. The lowest BCUT2D eigenvalue weighted by molar-refractivity contribution is 0.215. The first-order chi connectivity index (χ1) is 10.3. The Morgan fingerprint density at radius 2 is 1.90 bits per heavy atom. The first kappa shape index (κ1) is 14.5. The van der Waals surface area contributed by atoms with E-state index in [-0.39, 0.29) is 0 Å². The molecule has 1 saturated carbocycles. The summed E-state index contributed by atoms with van der Waals surface area (Å²) in [6, 6.07) is 6.12. The molecule has 2 aliphatic rings. The van der Waals surface area contributed by atoms with E-state index in [2.05, 4.69) is 16.3 Å². The second kappa shape index (κ2) is 6.14. The zero-order chi connectivity index (χ0) is 14.7. The van der Waals surface area contributed by atoms with Gasteiger partial charge in [-0.15, -0.1) is 0 Å². The lowest BCUT2D eigenvalue weighted by atomic mass is 9.80. The SMILES string of the molecule is COc1ccc(N2CCNC3(CCCCC3)C2)c(OC)c1. The molecule has 4 heteroatoms. The van der Waals surface area contributed by atoms with Crippen LogP contribution in [0.1, 0.15) is 32.1 Å². The third-order valence-corrected chi connectivity index (χ3v) is 4.91. The maximum atomic E-state index is 5.57. The average molecular weight is 290 g/mol.